The molecule has 164 valence electrons. The fourth-order valence-corrected chi connectivity index (χ4v) is 2.35. The number of carboxylic acid groups (broad SMARTS) is 1. The molecule has 0 atom stereocenters. The van der Waals surface area contributed by atoms with Crippen molar-refractivity contribution in [2.75, 3.05) is 36.5 Å². The molecule has 1 fully saturated rings. The summed E-state index contributed by atoms with van der Waals surface area (Å²) in [5.41, 5.74) is 2.83. The van der Waals surface area contributed by atoms with Crippen molar-refractivity contribution < 1.29 is 27.8 Å². The van der Waals surface area contributed by atoms with Crippen LogP contribution in [0.15, 0.2) is 18.5 Å². The molecule has 0 bridgehead atoms. The Morgan fingerprint density at radius 3 is 2.40 bits per heavy atom. The zero-order valence-corrected chi connectivity index (χ0v) is 16.6. The molecule has 2 aromatic heterocycles. The van der Waals surface area contributed by atoms with Crippen LogP contribution in [-0.2, 0) is 22.5 Å². The highest BCUT2D eigenvalue weighted by Gasteiger charge is 2.38. The maximum atomic E-state index is 10.6. The normalized spacial score (nSPS) is 14.0. The number of nitrogens with one attached hydrogen (secondary N) is 1. The fraction of sp³-hybridized carbons (Fsp3) is 0.500. The van der Waals surface area contributed by atoms with Crippen LogP contribution in [0, 0.1) is 6.92 Å². The number of hydrogen-bond acceptors (Lipinski definition) is 8. The van der Waals surface area contributed by atoms with Gasteiger partial charge in [-0.1, -0.05) is 6.92 Å². The van der Waals surface area contributed by atoms with Gasteiger partial charge in [0.05, 0.1) is 37.3 Å². The summed E-state index contributed by atoms with van der Waals surface area (Å²) in [6.45, 7) is 7.72. The third-order valence-electron chi connectivity index (χ3n) is 3.95. The highest BCUT2D eigenvalue weighted by atomic mass is 19.4. The first-order valence-corrected chi connectivity index (χ1v) is 9.21. The van der Waals surface area contributed by atoms with Gasteiger partial charge in [0.25, 0.3) is 0 Å². The predicted molar refractivity (Wildman–Crippen MR) is 102 cm³/mol. The number of carbonyl (C=O) groups is 1. The van der Waals surface area contributed by atoms with E-state index in [1.165, 1.54) is 0 Å². The zero-order valence-electron chi connectivity index (χ0n) is 16.6. The maximum Gasteiger partial charge on any atom is 0.490 e. The molecule has 2 aromatic rings. The lowest BCUT2D eigenvalue weighted by Crippen LogP contribution is -2.37. The number of aromatic nitrogens is 4. The van der Waals surface area contributed by atoms with Gasteiger partial charge in [0, 0.05) is 31.0 Å². The molecule has 1 aliphatic heterocycles. The van der Waals surface area contributed by atoms with E-state index in [1.807, 2.05) is 13.0 Å². The van der Waals surface area contributed by atoms with Crippen LogP contribution >= 0.6 is 0 Å². The number of alkyl halides is 3. The quantitative estimate of drug-likeness (QED) is 0.740. The van der Waals surface area contributed by atoms with E-state index in [9.17, 15) is 13.2 Å². The van der Waals surface area contributed by atoms with Gasteiger partial charge in [-0.2, -0.15) is 18.2 Å². The maximum absolute atomic E-state index is 10.6. The number of aryl methyl sites for hydroxylation is 2. The fourth-order valence-electron chi connectivity index (χ4n) is 2.35. The summed E-state index contributed by atoms with van der Waals surface area (Å²) >= 11 is 0. The van der Waals surface area contributed by atoms with E-state index in [0.717, 1.165) is 61.6 Å². The highest BCUT2D eigenvalue weighted by Crippen LogP contribution is 2.16. The lowest BCUT2D eigenvalue weighted by molar-refractivity contribution is -0.192. The van der Waals surface area contributed by atoms with Crippen molar-refractivity contribution in [1.82, 2.24) is 19.9 Å². The molecule has 0 aliphatic carbocycles. The van der Waals surface area contributed by atoms with Crippen LogP contribution < -0.4 is 10.2 Å². The summed E-state index contributed by atoms with van der Waals surface area (Å²) in [6, 6.07) is 1.99. The Labute approximate surface area is 171 Å². The van der Waals surface area contributed by atoms with E-state index in [1.54, 1.807) is 12.4 Å². The minimum Gasteiger partial charge on any atom is -0.475 e. The summed E-state index contributed by atoms with van der Waals surface area (Å²) in [7, 11) is 0. The Bertz CT molecular complexity index is 827. The molecule has 0 unspecified atom stereocenters. The zero-order chi connectivity index (χ0) is 22.1. The first-order valence-electron chi connectivity index (χ1n) is 9.21. The molecular formula is C18H23F3N6O3. The van der Waals surface area contributed by atoms with Crippen molar-refractivity contribution in [3.05, 3.63) is 35.5 Å². The molecule has 9 nitrogen and oxygen atoms in total. The summed E-state index contributed by atoms with van der Waals surface area (Å²) in [4.78, 5) is 28.9. The van der Waals surface area contributed by atoms with Crippen molar-refractivity contribution >= 4 is 17.7 Å². The van der Waals surface area contributed by atoms with E-state index in [0.29, 0.717) is 6.54 Å². The summed E-state index contributed by atoms with van der Waals surface area (Å²) in [5, 5.41) is 10.4. The largest absolute Gasteiger partial charge is 0.490 e. The van der Waals surface area contributed by atoms with E-state index in [-0.39, 0.29) is 0 Å². The second kappa shape index (κ2) is 10.7. The van der Waals surface area contributed by atoms with Crippen LogP contribution in [0.3, 0.4) is 0 Å². The van der Waals surface area contributed by atoms with Crippen LogP contribution in [0.1, 0.15) is 24.0 Å². The third kappa shape index (κ3) is 7.43. The Morgan fingerprint density at radius 2 is 1.87 bits per heavy atom. The van der Waals surface area contributed by atoms with Gasteiger partial charge in [0.15, 0.2) is 0 Å². The molecule has 0 aromatic carbocycles. The molecule has 1 aliphatic rings. The number of hydrogen-bond donors (Lipinski definition) is 2. The molecule has 0 radical (unpaired) electrons. The number of nitrogens with zero attached hydrogens (tertiary/aromatic N) is 5. The molecule has 3 heterocycles. The molecule has 3 rings (SSSR count). The molecule has 0 spiro atoms. The smallest absolute Gasteiger partial charge is 0.475 e. The predicted octanol–water partition coefficient (Wildman–Crippen LogP) is 2.22. The van der Waals surface area contributed by atoms with Crippen LogP contribution in [0.25, 0.3) is 0 Å². The minimum absolute atomic E-state index is 0.593. The van der Waals surface area contributed by atoms with E-state index < -0.39 is 12.1 Å². The van der Waals surface area contributed by atoms with Crippen molar-refractivity contribution in [3.63, 3.8) is 0 Å². The molecule has 0 amide bonds. The van der Waals surface area contributed by atoms with Gasteiger partial charge in [-0.25, -0.2) is 9.78 Å². The third-order valence-corrected chi connectivity index (χ3v) is 3.95. The lowest BCUT2D eigenvalue weighted by atomic mass is 10.3. The number of rotatable bonds is 5. The lowest BCUT2D eigenvalue weighted by Gasteiger charge is -2.27. The number of carboxylic acids is 1. The van der Waals surface area contributed by atoms with Gasteiger partial charge in [0.1, 0.15) is 5.82 Å². The summed E-state index contributed by atoms with van der Waals surface area (Å²) in [6.07, 6.45) is -0.653. The van der Waals surface area contributed by atoms with Crippen molar-refractivity contribution in [2.24, 2.45) is 0 Å². The van der Waals surface area contributed by atoms with Crippen molar-refractivity contribution in [2.45, 2.75) is 33.0 Å². The molecule has 30 heavy (non-hydrogen) atoms. The average Bonchev–Trinajstić information content (AvgIpc) is 2.73. The Morgan fingerprint density at radius 1 is 1.20 bits per heavy atom. The average molecular weight is 428 g/mol. The van der Waals surface area contributed by atoms with E-state index in [2.05, 4.69) is 37.1 Å². The second-order valence-corrected chi connectivity index (χ2v) is 6.30. The Hall–Kier alpha value is -3.02. The van der Waals surface area contributed by atoms with Crippen molar-refractivity contribution in [1.29, 1.82) is 0 Å². The molecular weight excluding hydrogens is 405 g/mol. The minimum atomic E-state index is -5.08. The van der Waals surface area contributed by atoms with Gasteiger partial charge in [-0.3, -0.25) is 9.97 Å². The van der Waals surface area contributed by atoms with Crippen molar-refractivity contribution in [3.8, 4) is 0 Å². The topological polar surface area (TPSA) is 113 Å². The van der Waals surface area contributed by atoms with Crippen LogP contribution in [0.4, 0.5) is 24.9 Å². The first kappa shape index (κ1) is 23.3. The number of halogens is 3. The van der Waals surface area contributed by atoms with Gasteiger partial charge in [-0.05, 0) is 13.3 Å². The number of anilines is 2. The number of aliphatic carboxylic acids is 1. The van der Waals surface area contributed by atoms with E-state index in [4.69, 9.17) is 14.6 Å². The standard InChI is InChI=1S/C16H22N6O.C2HF3O2/c1-3-13-8-15(19-11-14-10-17-12(2)9-18-14)21-16(20-13)22-4-6-23-7-5-22;3-2(4,5)1(6)7/h8-10H,3-7,11H2,1-2H3,(H,19,20,21);(H,6,7). The highest BCUT2D eigenvalue weighted by molar-refractivity contribution is 5.73. The Kier molecular flexibility index (Phi) is 8.27. The first-order chi connectivity index (χ1) is 14.2. The molecule has 2 N–H and O–H groups in total. The summed E-state index contributed by atoms with van der Waals surface area (Å²) < 4.78 is 37.1. The molecule has 1 saturated heterocycles. The Balaban J connectivity index is 0.000000396. The SMILES string of the molecule is CCc1cc(NCc2cnc(C)cn2)nc(N2CCOCC2)n1.O=C(O)C(F)(F)F. The van der Waals surface area contributed by atoms with Crippen LogP contribution in [-0.4, -0.2) is 63.5 Å². The van der Waals surface area contributed by atoms with Gasteiger partial charge in [-0.15, -0.1) is 0 Å². The monoisotopic (exact) mass is 428 g/mol. The molecule has 12 heteroatoms. The summed E-state index contributed by atoms with van der Waals surface area (Å²) in [5.74, 6) is -1.17. The van der Waals surface area contributed by atoms with Gasteiger partial charge in [0.2, 0.25) is 5.95 Å². The van der Waals surface area contributed by atoms with E-state index >= 15 is 0 Å². The number of morpholine rings is 1. The van der Waals surface area contributed by atoms with Gasteiger partial charge < -0.3 is 20.1 Å². The molecule has 0 saturated carbocycles. The second-order valence-electron chi connectivity index (χ2n) is 6.30. The van der Waals surface area contributed by atoms with Crippen LogP contribution in [0.2, 0.25) is 0 Å². The number of ether oxygens (including phenoxy) is 1. The van der Waals surface area contributed by atoms with Gasteiger partial charge >= 0.3 is 12.1 Å². The van der Waals surface area contributed by atoms with Crippen LogP contribution in [0.5, 0.6) is 0 Å².